The summed E-state index contributed by atoms with van der Waals surface area (Å²) in [5.74, 6) is 1.87. The van der Waals surface area contributed by atoms with Crippen LogP contribution in [0.3, 0.4) is 0 Å². The third-order valence-electron chi connectivity index (χ3n) is 6.94. The maximum absolute atomic E-state index is 13.0. The lowest BCUT2D eigenvalue weighted by Gasteiger charge is -2.34. The Bertz CT molecular complexity index is 1100. The number of carbonyl (C=O) groups excluding carboxylic acids is 1. The molecule has 0 bridgehead atoms. The van der Waals surface area contributed by atoms with Gasteiger partial charge in [-0.05, 0) is 62.6 Å². The summed E-state index contributed by atoms with van der Waals surface area (Å²) in [5.41, 5.74) is 2.79. The summed E-state index contributed by atoms with van der Waals surface area (Å²) in [7, 11) is 0. The monoisotopic (exact) mass is 451 g/mol. The van der Waals surface area contributed by atoms with Gasteiger partial charge in [0.2, 0.25) is 5.91 Å². The normalized spacial score (nSPS) is 23.9. The van der Waals surface area contributed by atoms with Gasteiger partial charge < -0.3 is 10.2 Å². The molecule has 7 heteroatoms. The Hall–Kier alpha value is -2.60. The minimum Gasteiger partial charge on any atom is -0.354 e. The summed E-state index contributed by atoms with van der Waals surface area (Å²) in [5, 5.41) is 8.75. The predicted molar refractivity (Wildman–Crippen MR) is 128 cm³/mol. The van der Waals surface area contributed by atoms with Gasteiger partial charge in [-0.15, -0.1) is 0 Å². The van der Waals surface area contributed by atoms with Crippen LogP contribution < -0.4 is 10.2 Å². The lowest BCUT2D eigenvalue weighted by molar-refractivity contribution is -0.126. The van der Waals surface area contributed by atoms with Gasteiger partial charge in [0.05, 0.1) is 11.6 Å². The van der Waals surface area contributed by atoms with Crippen LogP contribution in [-0.2, 0) is 4.79 Å². The Morgan fingerprint density at radius 1 is 1.16 bits per heavy atom. The van der Waals surface area contributed by atoms with E-state index in [0.717, 1.165) is 60.7 Å². The molecule has 2 aliphatic rings. The summed E-state index contributed by atoms with van der Waals surface area (Å²) >= 11 is 6.18. The number of carbonyl (C=O) groups is 1. The zero-order chi connectivity index (χ0) is 22.1. The summed E-state index contributed by atoms with van der Waals surface area (Å²) in [4.78, 5) is 19.9. The summed E-state index contributed by atoms with van der Waals surface area (Å²) in [6.07, 6.45) is 10.2. The van der Waals surface area contributed by atoms with E-state index in [-0.39, 0.29) is 11.8 Å². The van der Waals surface area contributed by atoms with E-state index in [1.54, 1.807) is 6.20 Å². The van der Waals surface area contributed by atoms with Crippen LogP contribution in [0.1, 0.15) is 45.4 Å². The SMILES string of the molecule is CC1CCC(NC(=O)[C@@H]2CCCN(c3nccn4nc(-c5cccc(Cl)c5)cc34)C2)CC1. The molecule has 1 atom stereocenters. The van der Waals surface area contributed by atoms with Crippen molar-refractivity contribution in [3.63, 3.8) is 0 Å². The number of anilines is 1. The molecule has 1 amide bonds. The Morgan fingerprint density at radius 3 is 2.81 bits per heavy atom. The Kier molecular flexibility index (Phi) is 6.05. The molecule has 32 heavy (non-hydrogen) atoms. The average Bonchev–Trinajstić information content (AvgIpc) is 3.25. The Labute approximate surface area is 194 Å². The smallest absolute Gasteiger partial charge is 0.225 e. The van der Waals surface area contributed by atoms with Crippen LogP contribution in [0, 0.1) is 11.8 Å². The third kappa shape index (κ3) is 4.46. The second-order valence-electron chi connectivity index (χ2n) is 9.37. The number of aromatic nitrogens is 3. The number of fused-ring (bicyclic) bond motifs is 1. The molecule has 6 nitrogen and oxygen atoms in total. The minimum atomic E-state index is 0.000443. The van der Waals surface area contributed by atoms with E-state index in [1.165, 1.54) is 12.8 Å². The van der Waals surface area contributed by atoms with Crippen molar-refractivity contribution in [2.24, 2.45) is 11.8 Å². The van der Waals surface area contributed by atoms with Crippen LogP contribution in [-0.4, -0.2) is 39.6 Å². The van der Waals surface area contributed by atoms with E-state index < -0.39 is 0 Å². The Balaban J connectivity index is 1.34. The first-order valence-electron chi connectivity index (χ1n) is 11.7. The number of piperidine rings is 1. The maximum atomic E-state index is 13.0. The highest BCUT2D eigenvalue weighted by Gasteiger charge is 2.30. The number of nitrogens with one attached hydrogen (secondary N) is 1. The Morgan fingerprint density at radius 2 is 2.00 bits per heavy atom. The van der Waals surface area contributed by atoms with Gasteiger partial charge in [-0.2, -0.15) is 5.10 Å². The van der Waals surface area contributed by atoms with Gasteiger partial charge in [0.1, 0.15) is 5.52 Å². The number of halogens is 1. The van der Waals surface area contributed by atoms with E-state index in [9.17, 15) is 4.79 Å². The molecule has 1 saturated carbocycles. The van der Waals surface area contributed by atoms with Crippen molar-refractivity contribution in [3.05, 3.63) is 47.7 Å². The van der Waals surface area contributed by atoms with E-state index in [2.05, 4.69) is 28.2 Å². The second kappa shape index (κ2) is 9.10. The van der Waals surface area contributed by atoms with Gasteiger partial charge >= 0.3 is 0 Å². The van der Waals surface area contributed by atoms with Gasteiger partial charge in [-0.3, -0.25) is 4.79 Å². The van der Waals surface area contributed by atoms with Gasteiger partial charge in [0.25, 0.3) is 0 Å². The first-order valence-corrected chi connectivity index (χ1v) is 12.1. The van der Waals surface area contributed by atoms with Crippen LogP contribution >= 0.6 is 11.6 Å². The van der Waals surface area contributed by atoms with Crippen LogP contribution in [0.25, 0.3) is 16.8 Å². The van der Waals surface area contributed by atoms with Crippen molar-refractivity contribution in [2.45, 2.75) is 51.5 Å². The van der Waals surface area contributed by atoms with Crippen molar-refractivity contribution in [1.29, 1.82) is 0 Å². The number of nitrogens with zero attached hydrogens (tertiary/aromatic N) is 4. The largest absolute Gasteiger partial charge is 0.354 e. The van der Waals surface area contributed by atoms with E-state index in [0.29, 0.717) is 17.6 Å². The van der Waals surface area contributed by atoms with Gasteiger partial charge in [0.15, 0.2) is 5.82 Å². The lowest BCUT2D eigenvalue weighted by atomic mass is 9.87. The molecule has 0 unspecified atom stereocenters. The molecule has 5 rings (SSSR count). The number of hydrogen-bond donors (Lipinski definition) is 1. The van der Waals surface area contributed by atoms with Crippen LogP contribution in [0.2, 0.25) is 5.02 Å². The van der Waals surface area contributed by atoms with E-state index in [1.807, 2.05) is 35.0 Å². The third-order valence-corrected chi connectivity index (χ3v) is 7.18. The second-order valence-corrected chi connectivity index (χ2v) is 9.81. The molecule has 3 aromatic rings. The lowest BCUT2D eigenvalue weighted by Crippen LogP contribution is -2.47. The molecule has 1 N–H and O–H groups in total. The van der Waals surface area contributed by atoms with Crippen LogP contribution in [0.5, 0.6) is 0 Å². The zero-order valence-corrected chi connectivity index (χ0v) is 19.3. The molecule has 1 aliphatic heterocycles. The number of benzene rings is 1. The van der Waals surface area contributed by atoms with Crippen LogP contribution in [0.15, 0.2) is 42.7 Å². The fourth-order valence-corrected chi connectivity index (χ4v) is 5.24. The molecule has 1 aromatic carbocycles. The average molecular weight is 452 g/mol. The van der Waals surface area contributed by atoms with Gasteiger partial charge in [-0.25, -0.2) is 9.50 Å². The first kappa shape index (κ1) is 21.3. The van der Waals surface area contributed by atoms with Crippen molar-refractivity contribution in [3.8, 4) is 11.3 Å². The fraction of sp³-hybridized carbons (Fsp3) is 0.480. The van der Waals surface area contributed by atoms with Gasteiger partial charge in [-0.1, -0.05) is 30.7 Å². The summed E-state index contributed by atoms with van der Waals surface area (Å²) < 4.78 is 1.87. The number of hydrogen-bond acceptors (Lipinski definition) is 4. The van der Waals surface area contributed by atoms with Crippen LogP contribution in [0.4, 0.5) is 5.82 Å². The molecular formula is C25H30ClN5O. The van der Waals surface area contributed by atoms with E-state index >= 15 is 0 Å². The molecule has 2 aromatic heterocycles. The molecule has 2 fully saturated rings. The standard InChI is InChI=1S/C25H30ClN5O/c1-17-7-9-21(10-8-17)28-25(32)19-5-3-12-30(16-19)24-23-15-22(29-31(23)13-11-27-24)18-4-2-6-20(26)14-18/h2,4,6,11,13-15,17,19,21H,3,5,7-10,12,16H2,1H3,(H,28,32)/t17?,19-,21?/m1/s1. The zero-order valence-electron chi connectivity index (χ0n) is 18.5. The minimum absolute atomic E-state index is 0.000443. The molecule has 0 spiro atoms. The molecule has 1 saturated heterocycles. The fourth-order valence-electron chi connectivity index (χ4n) is 5.05. The molecule has 3 heterocycles. The number of rotatable bonds is 4. The molecule has 0 radical (unpaired) electrons. The van der Waals surface area contributed by atoms with Crippen molar-refractivity contribution < 1.29 is 4.79 Å². The first-order chi connectivity index (χ1) is 15.6. The molecule has 1 aliphatic carbocycles. The highest BCUT2D eigenvalue weighted by atomic mass is 35.5. The highest BCUT2D eigenvalue weighted by molar-refractivity contribution is 6.30. The van der Waals surface area contributed by atoms with Crippen molar-refractivity contribution in [1.82, 2.24) is 19.9 Å². The van der Waals surface area contributed by atoms with Gasteiger partial charge in [0, 0.05) is 42.1 Å². The van der Waals surface area contributed by atoms with Crippen molar-refractivity contribution in [2.75, 3.05) is 18.0 Å². The quantitative estimate of drug-likeness (QED) is 0.608. The summed E-state index contributed by atoms with van der Waals surface area (Å²) in [6.45, 7) is 3.90. The molecule has 168 valence electrons. The van der Waals surface area contributed by atoms with E-state index in [4.69, 9.17) is 16.7 Å². The predicted octanol–water partition coefficient (Wildman–Crippen LogP) is 4.96. The van der Waals surface area contributed by atoms with Crippen molar-refractivity contribution >= 4 is 28.8 Å². The maximum Gasteiger partial charge on any atom is 0.225 e. The molecular weight excluding hydrogens is 422 g/mol. The topological polar surface area (TPSA) is 62.5 Å². The summed E-state index contributed by atoms with van der Waals surface area (Å²) in [6, 6.07) is 10.1. The highest BCUT2D eigenvalue weighted by Crippen LogP contribution is 2.30. The number of amides is 1.